The van der Waals surface area contributed by atoms with Crippen molar-refractivity contribution in [1.82, 2.24) is 14.7 Å². The minimum absolute atomic E-state index is 0.141. The molecule has 0 aromatic heterocycles. The van der Waals surface area contributed by atoms with Gasteiger partial charge in [-0.25, -0.2) is 8.42 Å². The molecule has 1 amide bonds. The van der Waals surface area contributed by atoms with Gasteiger partial charge in [-0.2, -0.15) is 0 Å². The molecule has 27 heavy (non-hydrogen) atoms. The van der Waals surface area contributed by atoms with E-state index in [4.69, 9.17) is 0 Å². The second kappa shape index (κ2) is 9.17. The Balaban J connectivity index is 1.49. The first-order chi connectivity index (χ1) is 13.0. The lowest BCUT2D eigenvalue weighted by Crippen LogP contribution is -2.54. The zero-order valence-electron chi connectivity index (χ0n) is 16.2. The molecule has 0 saturated carbocycles. The van der Waals surface area contributed by atoms with E-state index in [1.807, 2.05) is 23.1 Å². The lowest BCUT2D eigenvalue weighted by molar-refractivity contribution is -0.134. The summed E-state index contributed by atoms with van der Waals surface area (Å²) < 4.78 is 23.4. The molecular formula is C20H31N3O3S. The molecule has 150 valence electrons. The number of rotatable bonds is 7. The van der Waals surface area contributed by atoms with Crippen LogP contribution in [-0.4, -0.2) is 85.8 Å². The molecule has 3 rings (SSSR count). The predicted octanol–water partition coefficient (Wildman–Crippen LogP) is 1.23. The van der Waals surface area contributed by atoms with Crippen LogP contribution >= 0.6 is 0 Å². The summed E-state index contributed by atoms with van der Waals surface area (Å²) >= 11 is 0. The molecule has 2 heterocycles. The number of piperazine rings is 1. The molecule has 0 radical (unpaired) electrons. The second-order valence-electron chi connectivity index (χ2n) is 7.67. The fraction of sp³-hybridized carbons (Fsp3) is 0.650. The molecule has 2 aliphatic rings. The van der Waals surface area contributed by atoms with Crippen molar-refractivity contribution >= 4 is 15.7 Å². The van der Waals surface area contributed by atoms with Crippen LogP contribution in [0.15, 0.2) is 30.3 Å². The Kier molecular flexibility index (Phi) is 6.89. The standard InChI is InChI=1S/C20H31N3O3S/c1-2-9-21(15-18-6-4-3-5-7-18)16-20(24)23-12-10-22(11-13-23)19-8-14-27(25,26)17-19/h3-7,19H,2,8-17H2,1H3. The minimum Gasteiger partial charge on any atom is -0.339 e. The highest BCUT2D eigenvalue weighted by Gasteiger charge is 2.34. The summed E-state index contributed by atoms with van der Waals surface area (Å²) in [4.78, 5) is 19.2. The Hall–Kier alpha value is -1.44. The van der Waals surface area contributed by atoms with Crippen molar-refractivity contribution in [2.45, 2.75) is 32.4 Å². The third-order valence-corrected chi connectivity index (χ3v) is 7.29. The van der Waals surface area contributed by atoms with Crippen LogP contribution in [0, 0.1) is 0 Å². The highest BCUT2D eigenvalue weighted by molar-refractivity contribution is 7.91. The molecule has 2 fully saturated rings. The highest BCUT2D eigenvalue weighted by atomic mass is 32.2. The Morgan fingerprint density at radius 3 is 2.44 bits per heavy atom. The van der Waals surface area contributed by atoms with E-state index in [1.54, 1.807) is 0 Å². The fourth-order valence-corrected chi connectivity index (χ4v) is 5.82. The summed E-state index contributed by atoms with van der Waals surface area (Å²) in [5.41, 5.74) is 1.23. The van der Waals surface area contributed by atoms with Crippen molar-refractivity contribution in [3.05, 3.63) is 35.9 Å². The Bertz CT molecular complexity index is 715. The van der Waals surface area contributed by atoms with Gasteiger partial charge in [-0.15, -0.1) is 0 Å². The van der Waals surface area contributed by atoms with E-state index < -0.39 is 9.84 Å². The third-order valence-electron chi connectivity index (χ3n) is 5.54. The first kappa shape index (κ1) is 20.3. The molecule has 2 aliphatic heterocycles. The van der Waals surface area contributed by atoms with Gasteiger partial charge in [0.2, 0.25) is 5.91 Å². The molecule has 1 aromatic carbocycles. The largest absolute Gasteiger partial charge is 0.339 e. The van der Waals surface area contributed by atoms with Crippen LogP contribution in [0.3, 0.4) is 0 Å². The van der Waals surface area contributed by atoms with Crippen molar-refractivity contribution in [2.24, 2.45) is 0 Å². The van der Waals surface area contributed by atoms with E-state index in [1.165, 1.54) is 5.56 Å². The van der Waals surface area contributed by atoms with Gasteiger partial charge < -0.3 is 4.90 Å². The number of hydrogen-bond acceptors (Lipinski definition) is 5. The van der Waals surface area contributed by atoms with Crippen molar-refractivity contribution < 1.29 is 13.2 Å². The molecule has 1 atom stereocenters. The maximum atomic E-state index is 12.8. The molecule has 0 aliphatic carbocycles. The summed E-state index contributed by atoms with van der Waals surface area (Å²) in [6, 6.07) is 10.4. The van der Waals surface area contributed by atoms with Gasteiger partial charge in [0.05, 0.1) is 18.1 Å². The molecule has 0 spiro atoms. The summed E-state index contributed by atoms with van der Waals surface area (Å²) in [6.45, 7) is 7.22. The quantitative estimate of drug-likeness (QED) is 0.697. The van der Waals surface area contributed by atoms with E-state index >= 15 is 0 Å². The molecular weight excluding hydrogens is 362 g/mol. The maximum absolute atomic E-state index is 12.8. The fourth-order valence-electron chi connectivity index (χ4n) is 4.06. The zero-order valence-corrected chi connectivity index (χ0v) is 17.0. The number of nitrogens with zero attached hydrogens (tertiary/aromatic N) is 3. The Morgan fingerprint density at radius 2 is 1.85 bits per heavy atom. The summed E-state index contributed by atoms with van der Waals surface area (Å²) in [5.74, 6) is 0.767. The summed E-state index contributed by atoms with van der Waals surface area (Å²) in [6.07, 6.45) is 1.75. The van der Waals surface area contributed by atoms with Crippen LogP contribution in [0.4, 0.5) is 0 Å². The van der Waals surface area contributed by atoms with Crippen LogP contribution in [0.2, 0.25) is 0 Å². The van der Waals surface area contributed by atoms with E-state index in [0.717, 1.165) is 39.0 Å². The van der Waals surface area contributed by atoms with E-state index in [0.29, 0.717) is 25.4 Å². The average molecular weight is 394 g/mol. The Morgan fingerprint density at radius 1 is 1.15 bits per heavy atom. The van der Waals surface area contributed by atoms with Gasteiger partial charge in [0, 0.05) is 38.8 Å². The summed E-state index contributed by atoms with van der Waals surface area (Å²) in [7, 11) is -2.86. The summed E-state index contributed by atoms with van der Waals surface area (Å²) in [5, 5.41) is 0. The second-order valence-corrected chi connectivity index (χ2v) is 9.90. The lowest BCUT2D eigenvalue weighted by atomic mass is 10.2. The van der Waals surface area contributed by atoms with Gasteiger partial charge in [-0.1, -0.05) is 37.3 Å². The van der Waals surface area contributed by atoms with E-state index in [9.17, 15) is 13.2 Å². The van der Waals surface area contributed by atoms with Crippen molar-refractivity contribution in [3.8, 4) is 0 Å². The minimum atomic E-state index is -2.86. The first-order valence-electron chi connectivity index (χ1n) is 9.95. The van der Waals surface area contributed by atoms with Gasteiger partial charge in [0.25, 0.3) is 0 Å². The number of amides is 1. The molecule has 2 saturated heterocycles. The highest BCUT2D eigenvalue weighted by Crippen LogP contribution is 2.19. The van der Waals surface area contributed by atoms with Crippen molar-refractivity contribution in [3.63, 3.8) is 0 Å². The monoisotopic (exact) mass is 393 g/mol. The zero-order chi connectivity index (χ0) is 19.3. The van der Waals surface area contributed by atoms with E-state index in [2.05, 4.69) is 28.9 Å². The molecule has 1 aromatic rings. The third kappa shape index (κ3) is 5.77. The van der Waals surface area contributed by atoms with Gasteiger partial charge >= 0.3 is 0 Å². The number of carbonyl (C=O) groups excluding carboxylic acids is 1. The molecule has 0 bridgehead atoms. The topological polar surface area (TPSA) is 60.9 Å². The maximum Gasteiger partial charge on any atom is 0.236 e. The average Bonchev–Trinajstić information content (AvgIpc) is 3.03. The molecule has 0 N–H and O–H groups in total. The van der Waals surface area contributed by atoms with Gasteiger partial charge in [-0.3, -0.25) is 14.6 Å². The first-order valence-corrected chi connectivity index (χ1v) is 11.8. The number of sulfone groups is 1. The van der Waals surface area contributed by atoms with Crippen LogP contribution < -0.4 is 0 Å². The van der Waals surface area contributed by atoms with Gasteiger partial charge in [0.1, 0.15) is 0 Å². The van der Waals surface area contributed by atoms with Crippen LogP contribution in [0.5, 0.6) is 0 Å². The van der Waals surface area contributed by atoms with Crippen LogP contribution in [0.1, 0.15) is 25.3 Å². The van der Waals surface area contributed by atoms with Crippen molar-refractivity contribution in [1.29, 1.82) is 0 Å². The lowest BCUT2D eigenvalue weighted by Gasteiger charge is -2.38. The normalized spacial score (nSPS) is 23.0. The number of carbonyl (C=O) groups is 1. The molecule has 1 unspecified atom stereocenters. The SMILES string of the molecule is CCCN(CC(=O)N1CCN(C2CCS(=O)(=O)C2)CC1)Cc1ccccc1. The van der Waals surface area contributed by atoms with Crippen LogP contribution in [-0.2, 0) is 21.2 Å². The molecule has 6 nitrogen and oxygen atoms in total. The Labute approximate surface area is 163 Å². The van der Waals surface area contributed by atoms with E-state index in [-0.39, 0.29) is 17.7 Å². The van der Waals surface area contributed by atoms with Crippen molar-refractivity contribution in [2.75, 3.05) is 50.8 Å². The number of benzene rings is 1. The predicted molar refractivity (Wildman–Crippen MR) is 107 cm³/mol. The molecule has 7 heteroatoms. The smallest absolute Gasteiger partial charge is 0.236 e. The van der Waals surface area contributed by atoms with Gasteiger partial charge in [0.15, 0.2) is 9.84 Å². The van der Waals surface area contributed by atoms with Gasteiger partial charge in [-0.05, 0) is 24.9 Å². The number of hydrogen-bond donors (Lipinski definition) is 0. The van der Waals surface area contributed by atoms with Crippen LogP contribution in [0.25, 0.3) is 0 Å².